The number of rotatable bonds is 3. The second-order valence-electron chi connectivity index (χ2n) is 4.26. The number of amides is 1. The number of hydrogen-bond donors (Lipinski definition) is 2. The molecule has 1 amide bonds. The first-order valence-corrected chi connectivity index (χ1v) is 5.63. The van der Waals surface area contributed by atoms with Crippen LogP contribution in [0.4, 0.5) is 0 Å². The standard InChI is InChI=1S/C11H17N3O2.ClH/c1-7-10(13-6-16-7)11(15)14-9-4-2-3-8(9)5-12;/h6,8-9H,2-5,12H2,1H3,(H,14,15);1H. The van der Waals surface area contributed by atoms with Crippen molar-refractivity contribution in [3.63, 3.8) is 0 Å². The van der Waals surface area contributed by atoms with E-state index in [0.29, 0.717) is 23.9 Å². The highest BCUT2D eigenvalue weighted by Crippen LogP contribution is 2.24. The van der Waals surface area contributed by atoms with Crippen LogP contribution in [0.5, 0.6) is 0 Å². The average Bonchev–Trinajstić information content (AvgIpc) is 2.86. The van der Waals surface area contributed by atoms with Gasteiger partial charge in [-0.25, -0.2) is 4.98 Å². The van der Waals surface area contributed by atoms with Crippen LogP contribution >= 0.6 is 12.4 Å². The lowest BCUT2D eigenvalue weighted by Crippen LogP contribution is -2.40. The first kappa shape index (κ1) is 14.0. The Hall–Kier alpha value is -1.07. The fourth-order valence-electron chi connectivity index (χ4n) is 2.27. The lowest BCUT2D eigenvalue weighted by Gasteiger charge is -2.18. The monoisotopic (exact) mass is 259 g/mol. The van der Waals surface area contributed by atoms with Gasteiger partial charge in [0.1, 0.15) is 5.76 Å². The minimum atomic E-state index is -0.156. The molecular formula is C11H18ClN3O2. The highest BCUT2D eigenvalue weighted by atomic mass is 35.5. The molecule has 2 rings (SSSR count). The molecule has 0 aliphatic heterocycles. The Balaban J connectivity index is 0.00000144. The van der Waals surface area contributed by atoms with Gasteiger partial charge in [0.05, 0.1) is 0 Å². The van der Waals surface area contributed by atoms with Gasteiger partial charge < -0.3 is 15.5 Å². The number of carbonyl (C=O) groups excluding carboxylic acids is 1. The SMILES string of the molecule is Cc1ocnc1C(=O)NC1CCCC1CN.Cl. The largest absolute Gasteiger partial charge is 0.448 e. The molecule has 6 heteroatoms. The Morgan fingerprint density at radius 1 is 1.65 bits per heavy atom. The van der Waals surface area contributed by atoms with Crippen molar-refractivity contribution < 1.29 is 9.21 Å². The Kier molecular flexibility index (Phi) is 4.96. The lowest BCUT2D eigenvalue weighted by atomic mass is 10.0. The summed E-state index contributed by atoms with van der Waals surface area (Å²) in [6, 6.07) is 0.189. The molecule has 2 atom stereocenters. The van der Waals surface area contributed by atoms with Crippen molar-refractivity contribution >= 4 is 18.3 Å². The Labute approximate surface area is 107 Å². The number of nitrogens with two attached hydrogens (primary N) is 1. The molecule has 96 valence electrons. The van der Waals surface area contributed by atoms with E-state index in [4.69, 9.17) is 10.2 Å². The minimum Gasteiger partial charge on any atom is -0.448 e. The maximum absolute atomic E-state index is 11.9. The molecular weight excluding hydrogens is 242 g/mol. The molecule has 1 fully saturated rings. The molecule has 3 N–H and O–H groups in total. The van der Waals surface area contributed by atoms with Gasteiger partial charge in [-0.3, -0.25) is 4.79 Å². The van der Waals surface area contributed by atoms with Gasteiger partial charge >= 0.3 is 0 Å². The Morgan fingerprint density at radius 3 is 3.00 bits per heavy atom. The van der Waals surface area contributed by atoms with E-state index >= 15 is 0 Å². The molecule has 5 nitrogen and oxygen atoms in total. The molecule has 1 saturated carbocycles. The van der Waals surface area contributed by atoms with E-state index in [1.54, 1.807) is 6.92 Å². The van der Waals surface area contributed by atoms with Crippen molar-refractivity contribution in [1.82, 2.24) is 10.3 Å². The number of nitrogens with zero attached hydrogens (tertiary/aromatic N) is 1. The zero-order valence-corrected chi connectivity index (χ0v) is 10.6. The van der Waals surface area contributed by atoms with E-state index in [1.807, 2.05) is 0 Å². The van der Waals surface area contributed by atoms with Crippen LogP contribution in [-0.2, 0) is 0 Å². The van der Waals surface area contributed by atoms with Crippen LogP contribution in [0.15, 0.2) is 10.8 Å². The van der Waals surface area contributed by atoms with Crippen molar-refractivity contribution in [1.29, 1.82) is 0 Å². The topological polar surface area (TPSA) is 81.2 Å². The number of nitrogens with one attached hydrogen (secondary N) is 1. The molecule has 1 aromatic rings. The summed E-state index contributed by atoms with van der Waals surface area (Å²) in [5, 5.41) is 2.98. The zero-order valence-electron chi connectivity index (χ0n) is 9.81. The predicted octanol–water partition coefficient (Wildman–Crippen LogP) is 1.26. The first-order valence-electron chi connectivity index (χ1n) is 5.63. The normalized spacial score (nSPS) is 23.2. The molecule has 0 saturated heterocycles. The molecule has 17 heavy (non-hydrogen) atoms. The third kappa shape index (κ3) is 2.98. The first-order chi connectivity index (χ1) is 7.72. The van der Waals surface area contributed by atoms with Crippen LogP contribution in [0, 0.1) is 12.8 Å². The maximum atomic E-state index is 11.9. The Morgan fingerprint density at radius 2 is 2.41 bits per heavy atom. The van der Waals surface area contributed by atoms with Crippen LogP contribution in [0.3, 0.4) is 0 Å². The van der Waals surface area contributed by atoms with Crippen LogP contribution in [0.25, 0.3) is 0 Å². The summed E-state index contributed by atoms with van der Waals surface area (Å²) in [6.45, 7) is 2.36. The number of oxazole rings is 1. The van der Waals surface area contributed by atoms with E-state index in [2.05, 4.69) is 10.3 Å². The van der Waals surface area contributed by atoms with Crippen molar-refractivity contribution in [2.24, 2.45) is 11.7 Å². The molecule has 0 aromatic carbocycles. The molecule has 1 aliphatic carbocycles. The Bertz CT molecular complexity index is 381. The zero-order chi connectivity index (χ0) is 11.5. The average molecular weight is 260 g/mol. The summed E-state index contributed by atoms with van der Waals surface area (Å²) in [5.41, 5.74) is 6.04. The second-order valence-corrected chi connectivity index (χ2v) is 4.26. The summed E-state index contributed by atoms with van der Waals surface area (Å²) in [5.74, 6) is 0.799. The highest BCUT2D eigenvalue weighted by Gasteiger charge is 2.28. The fraction of sp³-hybridized carbons (Fsp3) is 0.636. The smallest absolute Gasteiger partial charge is 0.273 e. The number of aromatic nitrogens is 1. The van der Waals surface area contributed by atoms with Crippen molar-refractivity contribution in [2.45, 2.75) is 32.2 Å². The number of hydrogen-bond acceptors (Lipinski definition) is 4. The molecule has 1 aromatic heterocycles. The van der Waals surface area contributed by atoms with Gasteiger partial charge in [-0.1, -0.05) is 6.42 Å². The van der Waals surface area contributed by atoms with E-state index in [-0.39, 0.29) is 24.4 Å². The van der Waals surface area contributed by atoms with Gasteiger partial charge in [0.2, 0.25) is 0 Å². The van der Waals surface area contributed by atoms with Crippen LogP contribution < -0.4 is 11.1 Å². The summed E-state index contributed by atoms with van der Waals surface area (Å²) >= 11 is 0. The van der Waals surface area contributed by atoms with Crippen molar-refractivity contribution in [3.05, 3.63) is 17.8 Å². The molecule has 0 spiro atoms. The van der Waals surface area contributed by atoms with Gasteiger partial charge in [0, 0.05) is 6.04 Å². The quantitative estimate of drug-likeness (QED) is 0.856. The predicted molar refractivity (Wildman–Crippen MR) is 66.1 cm³/mol. The van der Waals surface area contributed by atoms with Gasteiger partial charge in [-0.05, 0) is 32.2 Å². The number of aryl methyl sites for hydroxylation is 1. The molecule has 1 aliphatic rings. The van der Waals surface area contributed by atoms with Gasteiger partial charge in [0.15, 0.2) is 12.1 Å². The summed E-state index contributed by atoms with van der Waals surface area (Å²) in [7, 11) is 0. The van der Waals surface area contributed by atoms with E-state index in [9.17, 15) is 4.79 Å². The van der Waals surface area contributed by atoms with Crippen LogP contribution in [-0.4, -0.2) is 23.5 Å². The van der Waals surface area contributed by atoms with Crippen molar-refractivity contribution in [3.8, 4) is 0 Å². The van der Waals surface area contributed by atoms with Gasteiger partial charge in [-0.15, -0.1) is 12.4 Å². The van der Waals surface area contributed by atoms with Crippen LogP contribution in [0.1, 0.15) is 35.5 Å². The lowest BCUT2D eigenvalue weighted by molar-refractivity contribution is 0.0923. The summed E-state index contributed by atoms with van der Waals surface area (Å²) < 4.78 is 5.01. The third-order valence-corrected chi connectivity index (χ3v) is 3.24. The summed E-state index contributed by atoms with van der Waals surface area (Å²) in [4.78, 5) is 15.8. The molecule has 0 bridgehead atoms. The molecule has 2 unspecified atom stereocenters. The molecule has 0 radical (unpaired) electrons. The van der Waals surface area contributed by atoms with E-state index in [0.717, 1.165) is 19.3 Å². The minimum absolute atomic E-state index is 0. The van der Waals surface area contributed by atoms with Crippen LogP contribution in [0.2, 0.25) is 0 Å². The summed E-state index contributed by atoms with van der Waals surface area (Å²) in [6.07, 6.45) is 4.52. The van der Waals surface area contributed by atoms with Gasteiger partial charge in [0.25, 0.3) is 5.91 Å². The molecule has 1 heterocycles. The third-order valence-electron chi connectivity index (χ3n) is 3.24. The number of carbonyl (C=O) groups is 1. The van der Waals surface area contributed by atoms with Gasteiger partial charge in [-0.2, -0.15) is 0 Å². The number of halogens is 1. The van der Waals surface area contributed by atoms with E-state index < -0.39 is 0 Å². The fourth-order valence-corrected chi connectivity index (χ4v) is 2.27. The second kappa shape index (κ2) is 6.02. The highest BCUT2D eigenvalue weighted by molar-refractivity contribution is 5.93. The van der Waals surface area contributed by atoms with E-state index in [1.165, 1.54) is 6.39 Å². The maximum Gasteiger partial charge on any atom is 0.273 e. The van der Waals surface area contributed by atoms with Crippen molar-refractivity contribution in [2.75, 3.05) is 6.54 Å².